The van der Waals surface area contributed by atoms with Gasteiger partial charge in [-0.3, -0.25) is 4.79 Å². The van der Waals surface area contributed by atoms with Gasteiger partial charge in [-0.1, -0.05) is 37.2 Å². The minimum atomic E-state index is -0.468. The molecule has 1 aliphatic heterocycles. The second kappa shape index (κ2) is 8.86. The minimum absolute atomic E-state index is 0.0476. The number of para-hydroxylation sites is 1. The maximum Gasteiger partial charge on any atom is 0.317 e. The van der Waals surface area contributed by atoms with Crippen LogP contribution in [0.25, 0.3) is 0 Å². The Hall–Kier alpha value is -2.90. The average Bonchev–Trinajstić information content (AvgIpc) is 3.17. The lowest BCUT2D eigenvalue weighted by molar-refractivity contribution is -0.123. The third-order valence-electron chi connectivity index (χ3n) is 4.88. The van der Waals surface area contributed by atoms with E-state index in [1.807, 2.05) is 44.2 Å². The summed E-state index contributed by atoms with van der Waals surface area (Å²) in [5.74, 6) is 1.31. The molecule has 1 fully saturated rings. The van der Waals surface area contributed by atoms with Crippen molar-refractivity contribution < 1.29 is 14.1 Å². The number of piperidine rings is 1. The Labute approximate surface area is 164 Å². The standard InChI is InChI=1S/C20H27N5O3/c1-14(2)18-22-17(28-23-18)11-12-21-20(27)24(3)16-10-7-13-25(19(16)26)15-8-5-4-6-9-15/h4-6,8-9,14,16H,7,10-13H2,1-3H3,(H,21,27). The highest BCUT2D eigenvalue weighted by atomic mass is 16.5. The van der Waals surface area contributed by atoms with Crippen LogP contribution >= 0.6 is 0 Å². The number of urea groups is 1. The van der Waals surface area contributed by atoms with Gasteiger partial charge in [0.1, 0.15) is 6.04 Å². The molecule has 2 heterocycles. The first kappa shape index (κ1) is 19.9. The van der Waals surface area contributed by atoms with Crippen LogP contribution in [-0.4, -0.2) is 53.2 Å². The van der Waals surface area contributed by atoms with E-state index in [2.05, 4.69) is 15.5 Å². The van der Waals surface area contributed by atoms with Gasteiger partial charge >= 0.3 is 6.03 Å². The van der Waals surface area contributed by atoms with Crippen molar-refractivity contribution in [2.24, 2.45) is 0 Å². The number of hydrogen-bond acceptors (Lipinski definition) is 5. The van der Waals surface area contributed by atoms with Gasteiger partial charge in [0, 0.05) is 38.2 Å². The highest BCUT2D eigenvalue weighted by Crippen LogP contribution is 2.23. The van der Waals surface area contributed by atoms with Gasteiger partial charge in [0.2, 0.25) is 11.8 Å². The quantitative estimate of drug-likeness (QED) is 0.825. The smallest absolute Gasteiger partial charge is 0.317 e. The van der Waals surface area contributed by atoms with Crippen molar-refractivity contribution in [3.8, 4) is 0 Å². The number of hydrogen-bond donors (Lipinski definition) is 1. The van der Waals surface area contributed by atoms with E-state index in [1.54, 1.807) is 11.9 Å². The maximum atomic E-state index is 12.9. The molecular formula is C20H27N5O3. The van der Waals surface area contributed by atoms with Gasteiger partial charge in [-0.15, -0.1) is 0 Å². The van der Waals surface area contributed by atoms with E-state index in [4.69, 9.17) is 4.52 Å². The number of aromatic nitrogens is 2. The Bertz CT molecular complexity index is 805. The molecule has 0 spiro atoms. The number of anilines is 1. The van der Waals surface area contributed by atoms with E-state index in [9.17, 15) is 9.59 Å². The zero-order valence-electron chi connectivity index (χ0n) is 16.6. The summed E-state index contributed by atoms with van der Waals surface area (Å²) < 4.78 is 5.18. The summed E-state index contributed by atoms with van der Waals surface area (Å²) in [5, 5.41) is 6.74. The number of carbonyl (C=O) groups is 2. The summed E-state index contributed by atoms with van der Waals surface area (Å²) in [4.78, 5) is 33.0. The van der Waals surface area contributed by atoms with Crippen LogP contribution in [0.15, 0.2) is 34.9 Å². The fourth-order valence-electron chi connectivity index (χ4n) is 3.23. The second-order valence-corrected chi connectivity index (χ2v) is 7.28. The molecule has 0 radical (unpaired) electrons. The van der Waals surface area contributed by atoms with Crippen molar-refractivity contribution in [2.45, 2.75) is 45.1 Å². The van der Waals surface area contributed by atoms with Crippen molar-refractivity contribution >= 4 is 17.6 Å². The van der Waals surface area contributed by atoms with Gasteiger partial charge in [0.25, 0.3) is 0 Å². The summed E-state index contributed by atoms with van der Waals surface area (Å²) in [6, 6.07) is 8.81. The summed E-state index contributed by atoms with van der Waals surface area (Å²) in [6.45, 7) is 5.02. The zero-order chi connectivity index (χ0) is 20.1. The van der Waals surface area contributed by atoms with Crippen molar-refractivity contribution in [3.63, 3.8) is 0 Å². The van der Waals surface area contributed by atoms with Gasteiger partial charge in [-0.05, 0) is 25.0 Å². The molecule has 3 rings (SSSR count). The highest BCUT2D eigenvalue weighted by Gasteiger charge is 2.34. The van der Waals surface area contributed by atoms with Crippen LogP contribution in [-0.2, 0) is 11.2 Å². The molecule has 150 valence electrons. The minimum Gasteiger partial charge on any atom is -0.339 e. The second-order valence-electron chi connectivity index (χ2n) is 7.28. The average molecular weight is 385 g/mol. The Balaban J connectivity index is 1.54. The lowest BCUT2D eigenvalue weighted by Gasteiger charge is -2.36. The Morgan fingerprint density at radius 2 is 2.11 bits per heavy atom. The third kappa shape index (κ3) is 4.49. The molecule has 0 aliphatic carbocycles. The van der Waals surface area contributed by atoms with Crippen LogP contribution in [0.1, 0.15) is 44.3 Å². The highest BCUT2D eigenvalue weighted by molar-refractivity contribution is 5.99. The van der Waals surface area contributed by atoms with E-state index in [-0.39, 0.29) is 17.9 Å². The number of rotatable bonds is 6. The van der Waals surface area contributed by atoms with Crippen LogP contribution in [0.4, 0.5) is 10.5 Å². The SMILES string of the molecule is CC(C)c1noc(CCNC(=O)N(C)C2CCCN(c3ccccc3)C2=O)n1. The molecule has 2 aromatic rings. The number of carbonyl (C=O) groups excluding carboxylic acids is 2. The monoisotopic (exact) mass is 385 g/mol. The van der Waals surface area contributed by atoms with E-state index >= 15 is 0 Å². The predicted molar refractivity (Wildman–Crippen MR) is 105 cm³/mol. The summed E-state index contributed by atoms with van der Waals surface area (Å²) in [7, 11) is 1.66. The van der Waals surface area contributed by atoms with Crippen molar-refractivity contribution in [2.75, 3.05) is 25.0 Å². The van der Waals surface area contributed by atoms with E-state index < -0.39 is 6.04 Å². The first-order valence-electron chi connectivity index (χ1n) is 9.67. The fourth-order valence-corrected chi connectivity index (χ4v) is 3.23. The first-order valence-corrected chi connectivity index (χ1v) is 9.67. The Kier molecular flexibility index (Phi) is 6.28. The van der Waals surface area contributed by atoms with Crippen molar-refractivity contribution in [1.82, 2.24) is 20.4 Å². The maximum absolute atomic E-state index is 12.9. The number of amides is 3. The zero-order valence-corrected chi connectivity index (χ0v) is 16.6. The van der Waals surface area contributed by atoms with Crippen LogP contribution in [0, 0.1) is 0 Å². The lowest BCUT2D eigenvalue weighted by atomic mass is 10.0. The summed E-state index contributed by atoms with van der Waals surface area (Å²) in [5.41, 5.74) is 0.864. The van der Waals surface area contributed by atoms with Crippen LogP contribution in [0.2, 0.25) is 0 Å². The van der Waals surface area contributed by atoms with Crippen LogP contribution in [0.3, 0.4) is 0 Å². The van der Waals surface area contributed by atoms with Crippen LogP contribution < -0.4 is 10.2 Å². The molecular weight excluding hydrogens is 358 g/mol. The molecule has 1 N–H and O–H groups in total. The molecule has 8 heteroatoms. The first-order chi connectivity index (χ1) is 13.5. The van der Waals surface area contributed by atoms with Gasteiger partial charge in [-0.2, -0.15) is 4.98 Å². The summed E-state index contributed by atoms with van der Waals surface area (Å²) >= 11 is 0. The molecule has 0 bridgehead atoms. The van der Waals surface area contributed by atoms with E-state index in [0.717, 1.165) is 12.1 Å². The molecule has 28 heavy (non-hydrogen) atoms. The molecule has 0 saturated carbocycles. The van der Waals surface area contributed by atoms with Crippen molar-refractivity contribution in [1.29, 1.82) is 0 Å². The molecule has 1 aliphatic rings. The molecule has 1 atom stereocenters. The lowest BCUT2D eigenvalue weighted by Crippen LogP contribution is -2.55. The number of likely N-dealkylation sites (N-methyl/N-ethyl adjacent to an activating group) is 1. The summed E-state index contributed by atoms with van der Waals surface area (Å²) in [6.07, 6.45) is 1.96. The molecule has 1 aromatic heterocycles. The Morgan fingerprint density at radius 1 is 1.36 bits per heavy atom. The number of nitrogens with one attached hydrogen (secondary N) is 1. The van der Waals surface area contributed by atoms with E-state index in [1.165, 1.54) is 4.90 Å². The molecule has 1 aromatic carbocycles. The van der Waals surface area contributed by atoms with E-state index in [0.29, 0.717) is 37.6 Å². The van der Waals surface area contributed by atoms with Gasteiger partial charge < -0.3 is 19.6 Å². The topological polar surface area (TPSA) is 91.6 Å². The largest absolute Gasteiger partial charge is 0.339 e. The van der Waals surface area contributed by atoms with Gasteiger partial charge in [-0.25, -0.2) is 4.79 Å². The third-order valence-corrected chi connectivity index (χ3v) is 4.88. The number of benzene rings is 1. The molecule has 3 amide bonds. The molecule has 1 saturated heterocycles. The molecule has 1 unspecified atom stereocenters. The van der Waals surface area contributed by atoms with Gasteiger partial charge in [0.15, 0.2) is 5.82 Å². The fraction of sp³-hybridized carbons (Fsp3) is 0.500. The van der Waals surface area contributed by atoms with Crippen LogP contribution in [0.5, 0.6) is 0 Å². The predicted octanol–water partition coefficient (Wildman–Crippen LogP) is 2.57. The molecule has 8 nitrogen and oxygen atoms in total. The number of nitrogens with zero attached hydrogens (tertiary/aromatic N) is 4. The normalized spacial score (nSPS) is 17.1. The van der Waals surface area contributed by atoms with Crippen molar-refractivity contribution in [3.05, 3.63) is 42.0 Å². The Morgan fingerprint density at radius 3 is 2.79 bits per heavy atom. The van der Waals surface area contributed by atoms with Gasteiger partial charge in [0.05, 0.1) is 0 Å².